The third-order valence-corrected chi connectivity index (χ3v) is 4.61. The summed E-state index contributed by atoms with van der Waals surface area (Å²) in [6.45, 7) is 4.80. The zero-order valence-corrected chi connectivity index (χ0v) is 11.4. The highest BCUT2D eigenvalue weighted by Crippen LogP contribution is 2.21. The van der Waals surface area contributed by atoms with Gasteiger partial charge in [-0.15, -0.1) is 0 Å². The van der Waals surface area contributed by atoms with Crippen LogP contribution in [0.2, 0.25) is 0 Å². The lowest BCUT2D eigenvalue weighted by atomic mass is 9.93. The average molecular weight is 265 g/mol. The van der Waals surface area contributed by atoms with Crippen LogP contribution in [0.15, 0.2) is 0 Å². The molecule has 0 aromatic rings. The highest BCUT2D eigenvalue weighted by atomic mass is 32.2. The minimum absolute atomic E-state index is 0.118. The van der Waals surface area contributed by atoms with Gasteiger partial charge in [0.15, 0.2) is 0 Å². The Morgan fingerprint density at radius 2 is 1.94 bits per heavy atom. The van der Waals surface area contributed by atoms with Gasteiger partial charge in [-0.2, -0.15) is 0 Å². The lowest BCUT2D eigenvalue weighted by molar-refractivity contribution is 0.0223. The summed E-state index contributed by atoms with van der Waals surface area (Å²) in [6, 6.07) is 0. The Bertz CT molecular complexity index is 320. The predicted octanol–water partition coefficient (Wildman–Crippen LogP) is 0.493. The van der Waals surface area contributed by atoms with Crippen LogP contribution in [0.25, 0.3) is 0 Å². The molecule has 17 heavy (non-hydrogen) atoms. The van der Waals surface area contributed by atoms with E-state index in [9.17, 15) is 13.5 Å². The second kappa shape index (κ2) is 6.13. The second-order valence-corrected chi connectivity index (χ2v) is 7.00. The van der Waals surface area contributed by atoms with Crippen molar-refractivity contribution in [2.45, 2.75) is 38.6 Å². The maximum absolute atomic E-state index is 11.9. The summed E-state index contributed by atoms with van der Waals surface area (Å²) in [7, 11) is -3.31. The summed E-state index contributed by atoms with van der Waals surface area (Å²) in [5, 5.41) is 9.40. The van der Waals surface area contributed by atoms with E-state index >= 15 is 0 Å². The van der Waals surface area contributed by atoms with Gasteiger partial charge in [-0.25, -0.2) is 13.1 Å². The van der Waals surface area contributed by atoms with Crippen molar-refractivity contribution in [3.05, 3.63) is 0 Å². The van der Waals surface area contributed by atoms with Crippen molar-refractivity contribution in [2.24, 2.45) is 5.92 Å². The third-order valence-electron chi connectivity index (χ3n) is 3.09. The topological polar surface area (TPSA) is 75.6 Å². The minimum atomic E-state index is -3.31. The van der Waals surface area contributed by atoms with Gasteiger partial charge >= 0.3 is 0 Å². The Balaban J connectivity index is 2.60. The van der Waals surface area contributed by atoms with Crippen LogP contribution in [0.1, 0.15) is 33.1 Å². The molecule has 0 aliphatic carbocycles. The van der Waals surface area contributed by atoms with Gasteiger partial charge in [-0.1, -0.05) is 13.8 Å². The van der Waals surface area contributed by atoms with E-state index in [2.05, 4.69) is 4.72 Å². The lowest BCUT2D eigenvalue weighted by Gasteiger charge is -2.35. The van der Waals surface area contributed by atoms with E-state index < -0.39 is 15.6 Å². The molecule has 1 aliphatic rings. The Kier molecular flexibility index (Phi) is 5.37. The highest BCUT2D eigenvalue weighted by molar-refractivity contribution is 7.89. The normalized spacial score (nSPS) is 20.7. The van der Waals surface area contributed by atoms with E-state index in [0.29, 0.717) is 38.4 Å². The summed E-state index contributed by atoms with van der Waals surface area (Å²) < 4.78 is 31.7. The summed E-state index contributed by atoms with van der Waals surface area (Å²) >= 11 is 0. The van der Waals surface area contributed by atoms with Crippen LogP contribution in [0.3, 0.4) is 0 Å². The summed E-state index contributed by atoms with van der Waals surface area (Å²) in [4.78, 5) is 0. The van der Waals surface area contributed by atoms with Crippen LogP contribution in [-0.2, 0) is 14.8 Å². The van der Waals surface area contributed by atoms with Gasteiger partial charge < -0.3 is 9.84 Å². The monoisotopic (exact) mass is 265 g/mol. The Morgan fingerprint density at radius 3 is 2.41 bits per heavy atom. The standard InChI is InChI=1S/C11H23NO4S/c1-10(2)3-8-17(14,15)12-11(9-13)4-6-16-7-5-11/h10,12-13H,3-9H2,1-2H3. The van der Waals surface area contributed by atoms with Crippen molar-refractivity contribution < 1.29 is 18.3 Å². The van der Waals surface area contributed by atoms with Crippen LogP contribution < -0.4 is 4.72 Å². The van der Waals surface area contributed by atoms with Crippen LogP contribution in [0.4, 0.5) is 0 Å². The fourth-order valence-corrected chi connectivity index (χ4v) is 3.64. The van der Waals surface area contributed by atoms with Gasteiger partial charge in [0.25, 0.3) is 0 Å². The molecule has 1 heterocycles. The number of sulfonamides is 1. The predicted molar refractivity (Wildman–Crippen MR) is 66.2 cm³/mol. The minimum Gasteiger partial charge on any atom is -0.394 e. The molecule has 2 N–H and O–H groups in total. The van der Waals surface area contributed by atoms with Gasteiger partial charge in [0.1, 0.15) is 0 Å². The summed E-state index contributed by atoms with van der Waals surface area (Å²) in [5.74, 6) is 0.471. The zero-order valence-electron chi connectivity index (χ0n) is 10.6. The van der Waals surface area contributed by atoms with Crippen molar-refractivity contribution in [1.82, 2.24) is 4.72 Å². The molecule has 1 aliphatic heterocycles. The maximum atomic E-state index is 11.9. The van der Waals surface area contributed by atoms with Gasteiger partial charge in [-0.3, -0.25) is 0 Å². The van der Waals surface area contributed by atoms with Crippen molar-refractivity contribution in [2.75, 3.05) is 25.6 Å². The van der Waals surface area contributed by atoms with Gasteiger partial charge in [0.2, 0.25) is 10.0 Å². The number of nitrogens with one attached hydrogen (secondary N) is 1. The number of aliphatic hydroxyl groups is 1. The quantitative estimate of drug-likeness (QED) is 0.733. The first-order chi connectivity index (χ1) is 7.89. The van der Waals surface area contributed by atoms with Crippen molar-refractivity contribution in [3.63, 3.8) is 0 Å². The van der Waals surface area contributed by atoms with E-state index in [1.54, 1.807) is 0 Å². The molecule has 5 nitrogen and oxygen atoms in total. The van der Waals surface area contributed by atoms with Gasteiger partial charge in [-0.05, 0) is 25.2 Å². The highest BCUT2D eigenvalue weighted by Gasteiger charge is 2.35. The molecule has 0 unspecified atom stereocenters. The fraction of sp³-hybridized carbons (Fsp3) is 1.00. The molecule has 6 heteroatoms. The first kappa shape index (κ1) is 14.9. The summed E-state index contributed by atoms with van der Waals surface area (Å²) in [5.41, 5.74) is -0.714. The molecule has 0 spiro atoms. The molecule has 102 valence electrons. The van der Waals surface area contributed by atoms with Crippen molar-refractivity contribution in [1.29, 1.82) is 0 Å². The number of ether oxygens (including phenoxy) is 1. The molecule has 1 fully saturated rings. The molecule has 0 aromatic heterocycles. The molecule has 0 atom stereocenters. The molecular formula is C11H23NO4S. The van der Waals surface area contributed by atoms with E-state index in [-0.39, 0.29) is 12.4 Å². The lowest BCUT2D eigenvalue weighted by Crippen LogP contribution is -2.55. The smallest absolute Gasteiger partial charge is 0.212 e. The van der Waals surface area contributed by atoms with Crippen LogP contribution in [0, 0.1) is 5.92 Å². The Morgan fingerprint density at radius 1 is 1.35 bits per heavy atom. The second-order valence-electron chi connectivity index (χ2n) is 5.15. The number of rotatable bonds is 6. The van der Waals surface area contributed by atoms with E-state index in [1.807, 2.05) is 13.8 Å². The van der Waals surface area contributed by atoms with E-state index in [4.69, 9.17) is 4.74 Å². The maximum Gasteiger partial charge on any atom is 0.212 e. The number of hydrogen-bond acceptors (Lipinski definition) is 4. The first-order valence-electron chi connectivity index (χ1n) is 6.09. The average Bonchev–Trinajstić information content (AvgIpc) is 2.27. The molecule has 0 bridgehead atoms. The summed E-state index contributed by atoms with van der Waals surface area (Å²) in [6.07, 6.45) is 1.70. The van der Waals surface area contributed by atoms with Crippen molar-refractivity contribution in [3.8, 4) is 0 Å². The van der Waals surface area contributed by atoms with Crippen molar-refractivity contribution >= 4 is 10.0 Å². The fourth-order valence-electron chi connectivity index (χ4n) is 1.83. The van der Waals surface area contributed by atoms with Gasteiger partial charge in [0.05, 0.1) is 17.9 Å². The van der Waals surface area contributed by atoms with Gasteiger partial charge in [0, 0.05) is 13.2 Å². The zero-order chi connectivity index (χ0) is 12.9. The number of hydrogen-bond donors (Lipinski definition) is 2. The SMILES string of the molecule is CC(C)CCS(=O)(=O)NC1(CO)CCOCC1. The molecule has 0 aromatic carbocycles. The third kappa shape index (κ3) is 4.91. The van der Waals surface area contributed by atoms with E-state index in [1.165, 1.54) is 0 Å². The van der Waals surface area contributed by atoms with Crippen LogP contribution >= 0.6 is 0 Å². The molecule has 0 radical (unpaired) electrons. The van der Waals surface area contributed by atoms with Crippen LogP contribution in [-0.4, -0.2) is 44.6 Å². The number of aliphatic hydroxyl groups excluding tert-OH is 1. The molecular weight excluding hydrogens is 242 g/mol. The Labute approximate surface area is 104 Å². The van der Waals surface area contributed by atoms with E-state index in [0.717, 1.165) is 0 Å². The largest absolute Gasteiger partial charge is 0.394 e. The Hall–Kier alpha value is -0.170. The molecule has 0 saturated carbocycles. The van der Waals surface area contributed by atoms with Crippen LogP contribution in [0.5, 0.6) is 0 Å². The molecule has 1 rings (SSSR count). The molecule has 0 amide bonds. The first-order valence-corrected chi connectivity index (χ1v) is 7.75. The molecule has 1 saturated heterocycles.